The summed E-state index contributed by atoms with van der Waals surface area (Å²) in [4.78, 5) is 22.4. The fraction of sp³-hybridized carbons (Fsp3) is 0.167. The fourth-order valence-electron chi connectivity index (χ4n) is 1.13. The first kappa shape index (κ1) is 14.4. The first-order chi connectivity index (χ1) is 8.32. The number of hydrogen-bond acceptors (Lipinski definition) is 2. The van der Waals surface area contributed by atoms with E-state index in [2.05, 4.69) is 21.2 Å². The topological polar surface area (TPSA) is 66.4 Å². The molecular weight excluding hydrogens is 305 g/mol. The number of halogens is 2. The number of carboxylic acid groups (broad SMARTS) is 1. The molecule has 0 radical (unpaired) electrons. The second kappa shape index (κ2) is 5.77. The van der Waals surface area contributed by atoms with E-state index in [0.717, 1.165) is 6.07 Å². The molecule has 0 atom stereocenters. The predicted octanol–water partition coefficient (Wildman–Crippen LogP) is 2.95. The minimum absolute atomic E-state index is 0.0508. The number of carbonyl (C=O) groups excluding carboxylic acids is 1. The van der Waals surface area contributed by atoms with Crippen LogP contribution >= 0.6 is 15.9 Å². The molecule has 4 nitrogen and oxygen atoms in total. The van der Waals surface area contributed by atoms with E-state index >= 15 is 0 Å². The van der Waals surface area contributed by atoms with Gasteiger partial charge in [-0.25, -0.2) is 9.18 Å². The number of benzene rings is 1. The molecule has 0 fully saturated rings. The highest BCUT2D eigenvalue weighted by Crippen LogP contribution is 2.20. The van der Waals surface area contributed by atoms with Gasteiger partial charge in [0.1, 0.15) is 5.82 Å². The lowest BCUT2D eigenvalue weighted by Gasteiger charge is -2.07. The molecule has 6 heteroatoms. The van der Waals surface area contributed by atoms with Crippen molar-refractivity contribution >= 4 is 33.5 Å². The molecule has 1 amide bonds. The lowest BCUT2D eigenvalue weighted by Crippen LogP contribution is -2.16. The van der Waals surface area contributed by atoms with Gasteiger partial charge in [0.2, 0.25) is 0 Å². The van der Waals surface area contributed by atoms with Crippen molar-refractivity contribution in [3.63, 3.8) is 0 Å². The summed E-state index contributed by atoms with van der Waals surface area (Å²) in [5.74, 6) is -2.24. The first-order valence-corrected chi connectivity index (χ1v) is 5.79. The van der Waals surface area contributed by atoms with E-state index in [9.17, 15) is 14.0 Å². The molecule has 0 spiro atoms. The van der Waals surface area contributed by atoms with Gasteiger partial charge < -0.3 is 10.4 Å². The quantitative estimate of drug-likeness (QED) is 0.843. The van der Waals surface area contributed by atoms with Crippen LogP contribution in [0.15, 0.2) is 33.8 Å². The molecule has 0 saturated heterocycles. The SMILES string of the molecule is CC(C(=O)O)=C(C)C(=O)Nc1ccc(Br)c(F)c1. The van der Waals surface area contributed by atoms with Gasteiger partial charge in [-0.1, -0.05) is 0 Å². The summed E-state index contributed by atoms with van der Waals surface area (Å²) >= 11 is 2.99. The Morgan fingerprint density at radius 2 is 1.89 bits per heavy atom. The van der Waals surface area contributed by atoms with Gasteiger partial charge in [0, 0.05) is 16.8 Å². The molecule has 96 valence electrons. The molecule has 0 bridgehead atoms. The molecule has 18 heavy (non-hydrogen) atoms. The number of aliphatic carboxylic acids is 1. The van der Waals surface area contributed by atoms with Crippen molar-refractivity contribution in [2.45, 2.75) is 13.8 Å². The monoisotopic (exact) mass is 315 g/mol. The van der Waals surface area contributed by atoms with Gasteiger partial charge in [-0.3, -0.25) is 4.79 Å². The smallest absolute Gasteiger partial charge is 0.331 e. The molecule has 0 saturated carbocycles. The Hall–Kier alpha value is -1.69. The van der Waals surface area contributed by atoms with Crippen LogP contribution in [0.1, 0.15) is 13.8 Å². The normalized spacial score (nSPS) is 11.8. The Morgan fingerprint density at radius 3 is 2.39 bits per heavy atom. The fourth-order valence-corrected chi connectivity index (χ4v) is 1.38. The zero-order valence-electron chi connectivity index (χ0n) is 9.75. The first-order valence-electron chi connectivity index (χ1n) is 5.00. The maximum atomic E-state index is 13.2. The third-order valence-corrected chi connectivity index (χ3v) is 3.04. The van der Waals surface area contributed by atoms with E-state index in [-0.39, 0.29) is 21.3 Å². The molecule has 1 rings (SSSR count). The summed E-state index contributed by atoms with van der Waals surface area (Å²) in [6.07, 6.45) is 0. The minimum atomic E-state index is -1.16. The average Bonchev–Trinajstić information content (AvgIpc) is 2.31. The van der Waals surface area contributed by atoms with Crippen molar-refractivity contribution < 1.29 is 19.1 Å². The standard InChI is InChI=1S/C12H11BrFNO3/c1-6(7(2)12(17)18)11(16)15-8-3-4-9(13)10(14)5-8/h3-5H,1-2H3,(H,15,16)(H,17,18). The third kappa shape index (κ3) is 3.40. The van der Waals surface area contributed by atoms with Crippen molar-refractivity contribution in [3.8, 4) is 0 Å². The van der Waals surface area contributed by atoms with Gasteiger partial charge in [-0.05, 0) is 48.0 Å². The third-order valence-electron chi connectivity index (χ3n) is 2.40. The predicted molar refractivity (Wildman–Crippen MR) is 68.7 cm³/mol. The molecule has 1 aromatic rings. The van der Waals surface area contributed by atoms with Crippen LogP contribution in [0.2, 0.25) is 0 Å². The van der Waals surface area contributed by atoms with Crippen LogP contribution in [0.25, 0.3) is 0 Å². The Kier molecular flexibility index (Phi) is 4.61. The molecule has 0 aliphatic heterocycles. The lowest BCUT2D eigenvalue weighted by molar-refractivity contribution is -0.133. The van der Waals surface area contributed by atoms with Gasteiger partial charge in [0.15, 0.2) is 0 Å². The summed E-state index contributed by atoms with van der Waals surface area (Å²) in [6.45, 7) is 2.73. The Labute approximate surface area is 112 Å². The molecular formula is C12H11BrFNO3. The molecule has 0 heterocycles. The summed E-state index contributed by atoms with van der Waals surface area (Å²) < 4.78 is 13.5. The lowest BCUT2D eigenvalue weighted by atomic mass is 10.1. The molecule has 0 aliphatic carbocycles. The van der Waals surface area contributed by atoms with Crippen LogP contribution in [0.4, 0.5) is 10.1 Å². The summed E-state index contributed by atoms with van der Waals surface area (Å²) in [6, 6.07) is 4.11. The summed E-state index contributed by atoms with van der Waals surface area (Å²) in [5.41, 5.74) is 0.286. The van der Waals surface area contributed by atoms with Gasteiger partial charge in [-0.2, -0.15) is 0 Å². The minimum Gasteiger partial charge on any atom is -0.478 e. The van der Waals surface area contributed by atoms with Crippen molar-refractivity contribution in [1.29, 1.82) is 0 Å². The van der Waals surface area contributed by atoms with Crippen LogP contribution in [0, 0.1) is 5.82 Å². The number of anilines is 1. The van der Waals surface area contributed by atoms with E-state index in [1.807, 2.05) is 0 Å². The highest BCUT2D eigenvalue weighted by Gasteiger charge is 2.13. The van der Waals surface area contributed by atoms with E-state index < -0.39 is 17.7 Å². The Bertz CT molecular complexity index is 540. The van der Waals surface area contributed by atoms with Crippen molar-refractivity contribution in [2.75, 3.05) is 5.32 Å². The number of carboxylic acids is 1. The highest BCUT2D eigenvalue weighted by molar-refractivity contribution is 9.10. The van der Waals surface area contributed by atoms with Crippen molar-refractivity contribution in [3.05, 3.63) is 39.6 Å². The van der Waals surface area contributed by atoms with E-state index in [1.54, 1.807) is 0 Å². The van der Waals surface area contributed by atoms with Crippen LogP contribution in [-0.2, 0) is 9.59 Å². The van der Waals surface area contributed by atoms with Crippen LogP contribution in [0.3, 0.4) is 0 Å². The van der Waals surface area contributed by atoms with Gasteiger partial charge in [0.05, 0.1) is 4.47 Å². The average molecular weight is 316 g/mol. The van der Waals surface area contributed by atoms with E-state index in [1.165, 1.54) is 26.0 Å². The molecule has 0 unspecified atom stereocenters. The Morgan fingerprint density at radius 1 is 1.28 bits per heavy atom. The molecule has 1 aromatic carbocycles. The number of nitrogens with one attached hydrogen (secondary N) is 1. The van der Waals surface area contributed by atoms with Crippen molar-refractivity contribution in [2.24, 2.45) is 0 Å². The van der Waals surface area contributed by atoms with Gasteiger partial charge in [-0.15, -0.1) is 0 Å². The zero-order valence-corrected chi connectivity index (χ0v) is 11.3. The van der Waals surface area contributed by atoms with Gasteiger partial charge in [0.25, 0.3) is 5.91 Å². The molecule has 0 aromatic heterocycles. The number of rotatable bonds is 3. The van der Waals surface area contributed by atoms with E-state index in [0.29, 0.717) is 0 Å². The van der Waals surface area contributed by atoms with Crippen LogP contribution in [-0.4, -0.2) is 17.0 Å². The van der Waals surface area contributed by atoms with Gasteiger partial charge >= 0.3 is 5.97 Å². The van der Waals surface area contributed by atoms with Crippen LogP contribution < -0.4 is 5.32 Å². The maximum absolute atomic E-state index is 13.2. The highest BCUT2D eigenvalue weighted by atomic mass is 79.9. The molecule has 0 aliphatic rings. The second-order valence-corrected chi connectivity index (χ2v) is 4.49. The zero-order chi connectivity index (χ0) is 13.9. The Balaban J connectivity index is 2.92. The molecule has 2 N–H and O–H groups in total. The largest absolute Gasteiger partial charge is 0.478 e. The number of carbonyl (C=O) groups is 2. The number of hydrogen-bond donors (Lipinski definition) is 2. The summed E-state index contributed by atoms with van der Waals surface area (Å²) in [5, 5.41) is 11.2. The second-order valence-electron chi connectivity index (χ2n) is 3.64. The number of amides is 1. The van der Waals surface area contributed by atoms with E-state index in [4.69, 9.17) is 5.11 Å². The summed E-state index contributed by atoms with van der Waals surface area (Å²) in [7, 11) is 0. The van der Waals surface area contributed by atoms with Crippen molar-refractivity contribution in [1.82, 2.24) is 0 Å². The van der Waals surface area contributed by atoms with Crippen LogP contribution in [0.5, 0.6) is 0 Å². The maximum Gasteiger partial charge on any atom is 0.331 e.